The van der Waals surface area contributed by atoms with Crippen molar-refractivity contribution in [2.45, 2.75) is 30.5 Å². The monoisotopic (exact) mass is 651 g/mol. The number of carboxylic acid groups (broad SMARTS) is 1. The fourth-order valence-corrected chi connectivity index (χ4v) is 6.14. The molecule has 0 bridgehead atoms. The van der Waals surface area contributed by atoms with Crippen LogP contribution in [0.15, 0.2) is 95.9 Å². The summed E-state index contributed by atoms with van der Waals surface area (Å²) in [6, 6.07) is 18.2. The second-order valence-corrected chi connectivity index (χ2v) is 12.1. The van der Waals surface area contributed by atoms with Gasteiger partial charge in [-0.2, -0.15) is 13.2 Å². The fraction of sp³-hybridized carbons (Fsp3) is 0.161. The van der Waals surface area contributed by atoms with Crippen molar-refractivity contribution < 1.29 is 45.1 Å². The van der Waals surface area contributed by atoms with Gasteiger partial charge in [0.05, 0.1) is 33.6 Å². The fourth-order valence-electron chi connectivity index (χ4n) is 4.45. The van der Waals surface area contributed by atoms with Crippen molar-refractivity contribution in [2.75, 3.05) is 4.31 Å². The number of sulfonamides is 1. The Morgan fingerprint density at radius 3 is 2.18 bits per heavy atom. The second-order valence-electron chi connectivity index (χ2n) is 9.80. The van der Waals surface area contributed by atoms with Gasteiger partial charge in [-0.15, -0.1) is 0 Å². The predicted molar refractivity (Wildman–Crippen MR) is 153 cm³/mol. The van der Waals surface area contributed by atoms with Gasteiger partial charge in [-0.25, -0.2) is 17.2 Å². The minimum atomic E-state index is -4.86. The summed E-state index contributed by atoms with van der Waals surface area (Å²) in [5, 5.41) is 9.11. The molecule has 44 heavy (non-hydrogen) atoms. The molecule has 230 valence electrons. The zero-order valence-electron chi connectivity index (χ0n) is 22.6. The van der Waals surface area contributed by atoms with Crippen molar-refractivity contribution in [1.82, 2.24) is 0 Å². The van der Waals surface area contributed by atoms with Crippen LogP contribution < -0.4 is 4.31 Å². The van der Waals surface area contributed by atoms with E-state index < -0.39 is 74.0 Å². The van der Waals surface area contributed by atoms with Crippen molar-refractivity contribution in [1.29, 1.82) is 0 Å². The third-order valence-corrected chi connectivity index (χ3v) is 8.80. The Labute approximate surface area is 254 Å². The Morgan fingerprint density at radius 2 is 1.55 bits per heavy atom. The Balaban J connectivity index is 1.74. The number of alkyl halides is 3. The molecule has 0 fully saturated rings. The van der Waals surface area contributed by atoms with E-state index in [0.717, 1.165) is 18.2 Å². The molecule has 4 aromatic rings. The molecule has 0 aliphatic rings. The van der Waals surface area contributed by atoms with Gasteiger partial charge in [0.15, 0.2) is 17.4 Å². The summed E-state index contributed by atoms with van der Waals surface area (Å²) >= 11 is 5.71. The van der Waals surface area contributed by atoms with Gasteiger partial charge in [-0.1, -0.05) is 60.1 Å². The molecule has 4 aromatic carbocycles. The average Bonchev–Trinajstić information content (AvgIpc) is 2.97. The molecular weight excluding hydrogens is 629 g/mol. The number of nitrogens with zero attached hydrogens (tertiary/aromatic N) is 1. The Bertz CT molecular complexity index is 1800. The van der Waals surface area contributed by atoms with Crippen LogP contribution in [0.3, 0.4) is 0 Å². The molecule has 6 nitrogen and oxygen atoms in total. The molecule has 0 spiro atoms. The second kappa shape index (κ2) is 13.1. The number of carboxylic acids is 1. The molecule has 0 amide bonds. The number of halogens is 6. The topological polar surface area (TPSA) is 91.8 Å². The zero-order valence-corrected chi connectivity index (χ0v) is 24.1. The van der Waals surface area contributed by atoms with Crippen LogP contribution in [0.25, 0.3) is 0 Å². The number of benzene rings is 4. The first kappa shape index (κ1) is 32.6. The highest BCUT2D eigenvalue weighted by atomic mass is 35.5. The molecule has 0 aromatic heterocycles. The molecule has 4 rings (SSSR count). The molecule has 0 aliphatic heterocycles. The number of aliphatic carboxylic acids is 1. The Hall–Kier alpha value is -4.29. The molecule has 0 saturated heterocycles. The molecule has 0 radical (unpaired) electrons. The Morgan fingerprint density at radius 1 is 0.841 bits per heavy atom. The largest absolute Gasteiger partial charge is 0.481 e. The highest BCUT2D eigenvalue weighted by molar-refractivity contribution is 7.92. The number of hydrogen-bond donors (Lipinski definition) is 1. The summed E-state index contributed by atoms with van der Waals surface area (Å²) in [6.45, 7) is -0.717. The molecule has 1 atom stereocenters. The predicted octanol–water partition coefficient (Wildman–Crippen LogP) is 7.55. The third-order valence-electron chi connectivity index (χ3n) is 6.70. The third kappa shape index (κ3) is 7.61. The summed E-state index contributed by atoms with van der Waals surface area (Å²) in [4.78, 5) is 24.4. The number of anilines is 1. The maximum absolute atomic E-state index is 14.1. The number of ketones is 1. The number of carbonyl (C=O) groups is 2. The Kier molecular flexibility index (Phi) is 9.75. The lowest BCUT2D eigenvalue weighted by Crippen LogP contribution is -2.31. The van der Waals surface area contributed by atoms with Crippen LogP contribution in [0.5, 0.6) is 0 Å². The maximum atomic E-state index is 14.1. The van der Waals surface area contributed by atoms with E-state index in [9.17, 15) is 45.1 Å². The van der Waals surface area contributed by atoms with Crippen molar-refractivity contribution in [2.24, 2.45) is 5.92 Å². The highest BCUT2D eigenvalue weighted by Gasteiger charge is 2.34. The van der Waals surface area contributed by atoms with E-state index in [4.69, 9.17) is 11.6 Å². The lowest BCUT2D eigenvalue weighted by molar-refractivity contribution is -0.141. The first-order valence-corrected chi connectivity index (χ1v) is 14.7. The summed E-state index contributed by atoms with van der Waals surface area (Å²) in [7, 11) is -4.76. The molecule has 0 heterocycles. The normalized spacial score (nSPS) is 12.5. The first-order valence-electron chi connectivity index (χ1n) is 12.9. The number of rotatable bonds is 11. The lowest BCUT2D eigenvalue weighted by atomic mass is 9.92. The van der Waals surface area contributed by atoms with Gasteiger partial charge in [0.25, 0.3) is 10.0 Å². The van der Waals surface area contributed by atoms with E-state index in [1.807, 2.05) is 0 Å². The molecule has 0 saturated carbocycles. The van der Waals surface area contributed by atoms with Crippen molar-refractivity contribution in [3.8, 4) is 0 Å². The highest BCUT2D eigenvalue weighted by Crippen LogP contribution is 2.36. The number of carbonyl (C=O) groups excluding carboxylic acids is 1. The van der Waals surface area contributed by atoms with Crippen molar-refractivity contribution in [3.63, 3.8) is 0 Å². The van der Waals surface area contributed by atoms with Gasteiger partial charge < -0.3 is 5.11 Å². The average molecular weight is 652 g/mol. The molecule has 0 aliphatic carbocycles. The van der Waals surface area contributed by atoms with Crippen LogP contribution in [0.4, 0.5) is 27.6 Å². The van der Waals surface area contributed by atoms with E-state index in [1.54, 1.807) is 30.3 Å². The van der Waals surface area contributed by atoms with Gasteiger partial charge in [0.1, 0.15) is 0 Å². The minimum Gasteiger partial charge on any atom is -0.481 e. The number of hydrogen-bond acceptors (Lipinski definition) is 4. The molecule has 13 heteroatoms. The first-order chi connectivity index (χ1) is 20.7. The van der Waals surface area contributed by atoms with Crippen LogP contribution in [0.1, 0.15) is 33.5 Å². The van der Waals surface area contributed by atoms with Crippen molar-refractivity contribution >= 4 is 39.1 Å². The van der Waals surface area contributed by atoms with E-state index in [2.05, 4.69) is 0 Å². The van der Waals surface area contributed by atoms with Crippen LogP contribution in [-0.2, 0) is 34.0 Å². The standard InChI is InChI=1S/C31H23ClF5NO5S/c32-26-11-9-20(14-25(26)31(35,36)37)18-38(44(42,43)24-10-12-27(33)28(34)17-24)23-8-4-7-21(15-23)29(39)16-22(30(40)41)13-19-5-2-1-3-6-19/h1-12,14-15,17,22H,13,16,18H2,(H,40,41). The maximum Gasteiger partial charge on any atom is 0.417 e. The zero-order chi connectivity index (χ0) is 32.2. The molecular formula is C31H23ClF5NO5S. The van der Waals surface area contributed by atoms with Gasteiger partial charge in [0, 0.05) is 12.0 Å². The van der Waals surface area contributed by atoms with Crippen LogP contribution in [0.2, 0.25) is 5.02 Å². The molecule has 1 N–H and O–H groups in total. The van der Waals surface area contributed by atoms with Crippen molar-refractivity contribution in [3.05, 3.63) is 130 Å². The lowest BCUT2D eigenvalue weighted by Gasteiger charge is -2.26. The van der Waals surface area contributed by atoms with E-state index >= 15 is 0 Å². The van der Waals surface area contributed by atoms with Crippen LogP contribution in [0, 0.1) is 17.6 Å². The van der Waals surface area contributed by atoms with E-state index in [1.165, 1.54) is 24.3 Å². The van der Waals surface area contributed by atoms with Crippen LogP contribution in [-0.4, -0.2) is 25.3 Å². The van der Waals surface area contributed by atoms with E-state index in [0.29, 0.717) is 28.1 Å². The van der Waals surface area contributed by atoms with Gasteiger partial charge in [-0.05, 0) is 60.0 Å². The quantitative estimate of drug-likeness (QED) is 0.134. The smallest absolute Gasteiger partial charge is 0.417 e. The SMILES string of the molecule is O=C(CC(Cc1ccccc1)C(=O)O)c1cccc(N(Cc2ccc(Cl)c(C(F)(F)F)c2)S(=O)(=O)c2ccc(F)c(F)c2)c1. The summed E-state index contributed by atoms with van der Waals surface area (Å²) in [5.74, 6) is -5.75. The van der Waals surface area contributed by atoms with E-state index in [-0.39, 0.29) is 23.2 Å². The van der Waals surface area contributed by atoms with Gasteiger partial charge in [-0.3, -0.25) is 13.9 Å². The van der Waals surface area contributed by atoms with Gasteiger partial charge >= 0.3 is 12.1 Å². The molecule has 1 unspecified atom stereocenters. The summed E-state index contributed by atoms with van der Waals surface area (Å²) in [6.07, 6.45) is -5.24. The number of Topliss-reactive ketones (excluding diaryl/α,β-unsaturated/α-hetero) is 1. The summed E-state index contributed by atoms with van der Waals surface area (Å²) < 4.78 is 96.4. The van der Waals surface area contributed by atoms with Crippen LogP contribution >= 0.6 is 11.6 Å². The van der Waals surface area contributed by atoms with Gasteiger partial charge in [0.2, 0.25) is 0 Å². The minimum absolute atomic E-state index is 0.0519. The summed E-state index contributed by atoms with van der Waals surface area (Å²) in [5.41, 5.74) is -0.952.